The van der Waals surface area contributed by atoms with Gasteiger partial charge in [-0.3, -0.25) is 4.79 Å². The van der Waals surface area contributed by atoms with Crippen molar-refractivity contribution < 1.29 is 22.4 Å². The third-order valence-corrected chi connectivity index (χ3v) is 5.14. The largest absolute Gasteiger partial charge is 0.433 e. The molecule has 0 fully saturated rings. The number of nitrogens with one attached hydrogen (secondary N) is 1. The van der Waals surface area contributed by atoms with Crippen LogP contribution >= 0.6 is 23.2 Å². The topological polar surface area (TPSA) is 59.3 Å². The van der Waals surface area contributed by atoms with Gasteiger partial charge in [0.2, 0.25) is 0 Å². The Hall–Kier alpha value is -3.17. The Labute approximate surface area is 188 Å². The number of carbonyl (C=O) groups is 1. The van der Waals surface area contributed by atoms with Gasteiger partial charge in [0.05, 0.1) is 5.69 Å². The molecule has 2 heterocycles. The smallest absolute Gasteiger partial charge is 0.347 e. The fourth-order valence-electron chi connectivity index (χ4n) is 2.98. The summed E-state index contributed by atoms with van der Waals surface area (Å²) in [4.78, 5) is 16.7. The molecule has 0 aliphatic rings. The highest BCUT2D eigenvalue weighted by atomic mass is 35.5. The van der Waals surface area contributed by atoms with Gasteiger partial charge in [-0.15, -0.1) is 0 Å². The second-order valence-corrected chi connectivity index (χ2v) is 7.55. The van der Waals surface area contributed by atoms with Crippen LogP contribution in [-0.4, -0.2) is 20.5 Å². The van der Waals surface area contributed by atoms with Crippen molar-refractivity contribution in [3.63, 3.8) is 0 Å². The molecule has 0 saturated heterocycles. The fourth-order valence-corrected chi connectivity index (χ4v) is 3.35. The minimum atomic E-state index is -4.79. The Balaban J connectivity index is 1.74. The third kappa shape index (κ3) is 4.39. The first kappa shape index (κ1) is 22.0. The maximum atomic E-state index is 13.7. The second kappa shape index (κ2) is 8.40. The molecule has 0 atom stereocenters. The van der Waals surface area contributed by atoms with Crippen molar-refractivity contribution in [2.24, 2.45) is 0 Å². The molecule has 2 aromatic carbocycles. The van der Waals surface area contributed by atoms with Gasteiger partial charge in [0.15, 0.2) is 17.0 Å². The third-order valence-electron chi connectivity index (χ3n) is 4.54. The molecule has 0 unspecified atom stereocenters. The zero-order valence-corrected chi connectivity index (χ0v) is 17.4. The van der Waals surface area contributed by atoms with Crippen LogP contribution in [0.25, 0.3) is 16.9 Å². The first-order valence-corrected chi connectivity index (χ1v) is 9.84. The molecule has 0 aliphatic carbocycles. The number of aromatic nitrogens is 3. The van der Waals surface area contributed by atoms with E-state index >= 15 is 0 Å². The van der Waals surface area contributed by atoms with Crippen molar-refractivity contribution >= 4 is 34.8 Å². The summed E-state index contributed by atoms with van der Waals surface area (Å²) in [5, 5.41) is 6.34. The number of halogens is 6. The number of hydrogen-bond donors (Lipinski definition) is 1. The van der Waals surface area contributed by atoms with Crippen molar-refractivity contribution in [1.29, 1.82) is 0 Å². The van der Waals surface area contributed by atoms with Gasteiger partial charge in [0.1, 0.15) is 10.8 Å². The number of amides is 1. The average molecular weight is 483 g/mol. The van der Waals surface area contributed by atoms with Crippen molar-refractivity contribution in [3.8, 4) is 11.3 Å². The number of rotatable bonds is 4. The molecule has 164 valence electrons. The summed E-state index contributed by atoms with van der Waals surface area (Å²) >= 11 is 12.1. The standard InChI is InChI=1S/C21H12Cl2F4N4O/c22-13-5-3-12(4-6-13)15-9-16(21(25,26)27)31-19(29-15)17(23)18(30-31)20(32)28-10-11-1-7-14(24)8-2-11/h1-9H,10H2,(H,28,32). The molecule has 0 spiro atoms. The van der Waals surface area contributed by atoms with E-state index in [1.807, 2.05) is 0 Å². The normalized spacial score (nSPS) is 11.7. The van der Waals surface area contributed by atoms with E-state index in [0.717, 1.165) is 6.07 Å². The summed E-state index contributed by atoms with van der Waals surface area (Å²) in [5.74, 6) is -1.24. The summed E-state index contributed by atoms with van der Waals surface area (Å²) in [6, 6.07) is 12.2. The molecule has 4 rings (SSSR count). The highest BCUT2D eigenvalue weighted by Gasteiger charge is 2.36. The van der Waals surface area contributed by atoms with Gasteiger partial charge in [-0.2, -0.15) is 18.3 Å². The molecule has 2 aromatic heterocycles. The minimum absolute atomic E-state index is 0.00110. The first-order chi connectivity index (χ1) is 15.1. The van der Waals surface area contributed by atoms with Gasteiger partial charge < -0.3 is 5.32 Å². The highest BCUT2D eigenvalue weighted by molar-refractivity contribution is 6.36. The average Bonchev–Trinajstić information content (AvgIpc) is 3.09. The molecular formula is C21H12Cl2F4N4O. The summed E-state index contributed by atoms with van der Waals surface area (Å²) in [6.45, 7) is -0.00110. The first-order valence-electron chi connectivity index (χ1n) is 9.08. The fraction of sp³-hybridized carbons (Fsp3) is 0.0952. The van der Waals surface area contributed by atoms with E-state index in [2.05, 4.69) is 15.4 Å². The van der Waals surface area contributed by atoms with Crippen LogP contribution in [-0.2, 0) is 12.7 Å². The van der Waals surface area contributed by atoms with E-state index in [4.69, 9.17) is 23.2 Å². The molecule has 0 radical (unpaired) electrons. The Morgan fingerprint density at radius 3 is 2.31 bits per heavy atom. The van der Waals surface area contributed by atoms with Crippen LogP contribution in [0.1, 0.15) is 21.7 Å². The van der Waals surface area contributed by atoms with Gasteiger partial charge in [0, 0.05) is 17.1 Å². The number of hydrogen-bond acceptors (Lipinski definition) is 3. The van der Waals surface area contributed by atoms with Crippen LogP contribution in [0.3, 0.4) is 0 Å². The van der Waals surface area contributed by atoms with E-state index in [9.17, 15) is 22.4 Å². The molecule has 1 N–H and O–H groups in total. The van der Waals surface area contributed by atoms with Crippen molar-refractivity contribution in [2.75, 3.05) is 0 Å². The summed E-state index contributed by atoms with van der Waals surface area (Å²) < 4.78 is 54.7. The lowest BCUT2D eigenvalue weighted by molar-refractivity contribution is -0.142. The molecule has 32 heavy (non-hydrogen) atoms. The van der Waals surface area contributed by atoms with E-state index < -0.39 is 29.3 Å². The highest BCUT2D eigenvalue weighted by Crippen LogP contribution is 2.34. The van der Waals surface area contributed by atoms with E-state index in [1.165, 1.54) is 48.5 Å². The van der Waals surface area contributed by atoms with Crippen molar-refractivity contribution in [1.82, 2.24) is 19.9 Å². The van der Waals surface area contributed by atoms with Crippen LogP contribution in [0.4, 0.5) is 17.6 Å². The van der Waals surface area contributed by atoms with Crippen LogP contribution in [0, 0.1) is 5.82 Å². The second-order valence-electron chi connectivity index (χ2n) is 6.74. The Bertz CT molecular complexity index is 1300. The maximum Gasteiger partial charge on any atom is 0.433 e. The Morgan fingerprint density at radius 2 is 1.69 bits per heavy atom. The van der Waals surface area contributed by atoms with Gasteiger partial charge in [0.25, 0.3) is 5.91 Å². The zero-order valence-electron chi connectivity index (χ0n) is 15.9. The quantitative estimate of drug-likeness (QED) is 0.374. The molecule has 0 aliphatic heterocycles. The molecular weight excluding hydrogens is 471 g/mol. The predicted octanol–water partition coefficient (Wildman–Crippen LogP) is 5.79. The van der Waals surface area contributed by atoms with Crippen LogP contribution < -0.4 is 5.32 Å². The number of nitrogens with zero attached hydrogens (tertiary/aromatic N) is 3. The van der Waals surface area contributed by atoms with Gasteiger partial charge >= 0.3 is 6.18 Å². The zero-order chi connectivity index (χ0) is 23.0. The van der Waals surface area contributed by atoms with E-state index in [-0.39, 0.29) is 22.9 Å². The monoisotopic (exact) mass is 482 g/mol. The summed E-state index contributed by atoms with van der Waals surface area (Å²) in [5.41, 5.74) is -0.937. The summed E-state index contributed by atoms with van der Waals surface area (Å²) in [6.07, 6.45) is -4.79. The van der Waals surface area contributed by atoms with Crippen LogP contribution in [0.2, 0.25) is 10.0 Å². The van der Waals surface area contributed by atoms with Gasteiger partial charge in [-0.25, -0.2) is 13.9 Å². The minimum Gasteiger partial charge on any atom is -0.347 e. The molecule has 0 saturated carbocycles. The van der Waals surface area contributed by atoms with Crippen molar-refractivity contribution in [2.45, 2.75) is 12.7 Å². The van der Waals surface area contributed by atoms with Gasteiger partial charge in [-0.05, 0) is 35.9 Å². The predicted molar refractivity (Wildman–Crippen MR) is 111 cm³/mol. The number of fused-ring (bicyclic) bond motifs is 1. The van der Waals surface area contributed by atoms with Crippen LogP contribution in [0.5, 0.6) is 0 Å². The maximum absolute atomic E-state index is 13.7. The van der Waals surface area contributed by atoms with Crippen LogP contribution in [0.15, 0.2) is 54.6 Å². The molecule has 4 aromatic rings. The molecule has 0 bridgehead atoms. The van der Waals surface area contributed by atoms with Crippen molar-refractivity contribution in [3.05, 3.63) is 87.4 Å². The lowest BCUT2D eigenvalue weighted by atomic mass is 10.1. The number of carbonyl (C=O) groups excluding carboxylic acids is 1. The molecule has 5 nitrogen and oxygen atoms in total. The van der Waals surface area contributed by atoms with E-state index in [0.29, 0.717) is 20.7 Å². The van der Waals surface area contributed by atoms with Gasteiger partial charge in [-0.1, -0.05) is 47.5 Å². The SMILES string of the molecule is O=C(NCc1ccc(F)cc1)c1nn2c(C(F)(F)F)cc(-c3ccc(Cl)cc3)nc2c1Cl. The lowest BCUT2D eigenvalue weighted by Crippen LogP contribution is -2.23. The number of alkyl halides is 3. The molecule has 11 heteroatoms. The number of benzene rings is 2. The summed E-state index contributed by atoms with van der Waals surface area (Å²) in [7, 11) is 0. The van der Waals surface area contributed by atoms with E-state index in [1.54, 1.807) is 0 Å². The molecule has 1 amide bonds. The Morgan fingerprint density at radius 1 is 1.03 bits per heavy atom. The lowest BCUT2D eigenvalue weighted by Gasteiger charge is -2.11. The Kier molecular flexibility index (Phi) is 5.79.